The second-order valence-corrected chi connectivity index (χ2v) is 6.38. The van der Waals surface area contributed by atoms with Crippen LogP contribution < -0.4 is 10.2 Å². The summed E-state index contributed by atoms with van der Waals surface area (Å²) >= 11 is 1.84. The molecular weight excluding hydrogens is 306 g/mol. The van der Waals surface area contributed by atoms with Crippen molar-refractivity contribution in [1.82, 2.24) is 10.2 Å². The molecule has 0 atom stereocenters. The van der Waals surface area contributed by atoms with Gasteiger partial charge in [0.15, 0.2) is 0 Å². The molecule has 1 aromatic rings. The van der Waals surface area contributed by atoms with E-state index in [4.69, 9.17) is 0 Å². The van der Waals surface area contributed by atoms with Crippen molar-refractivity contribution in [1.29, 1.82) is 0 Å². The summed E-state index contributed by atoms with van der Waals surface area (Å²) in [7, 11) is 0. The van der Waals surface area contributed by atoms with Gasteiger partial charge in [-0.25, -0.2) is 0 Å². The van der Waals surface area contributed by atoms with Gasteiger partial charge in [0.1, 0.15) is 0 Å². The van der Waals surface area contributed by atoms with Crippen LogP contribution in [0.1, 0.15) is 6.42 Å². The quantitative estimate of drug-likeness (QED) is 0.899. The van der Waals surface area contributed by atoms with Crippen molar-refractivity contribution in [2.45, 2.75) is 11.3 Å². The summed E-state index contributed by atoms with van der Waals surface area (Å²) in [5, 5.41) is 3.38. The number of para-hydroxylation sites is 1. The Morgan fingerprint density at radius 1 is 1.19 bits per heavy atom. The highest BCUT2D eigenvalue weighted by atomic mass is 35.5. The summed E-state index contributed by atoms with van der Waals surface area (Å²) in [5.74, 6) is 1.23. The Kier molecular flexibility index (Phi) is 6.36. The Morgan fingerprint density at radius 3 is 2.95 bits per heavy atom. The molecule has 1 fully saturated rings. The van der Waals surface area contributed by atoms with Crippen LogP contribution in [0.25, 0.3) is 0 Å². The molecule has 1 N–H and O–H groups in total. The molecule has 0 aliphatic carbocycles. The van der Waals surface area contributed by atoms with Crippen molar-refractivity contribution in [2.75, 3.05) is 49.9 Å². The summed E-state index contributed by atoms with van der Waals surface area (Å²) in [6.45, 7) is 5.40. The lowest BCUT2D eigenvalue weighted by Crippen LogP contribution is -2.43. The van der Waals surface area contributed by atoms with Gasteiger partial charge in [0.2, 0.25) is 5.91 Å². The first-order chi connectivity index (χ1) is 9.84. The fourth-order valence-electron chi connectivity index (χ4n) is 2.76. The van der Waals surface area contributed by atoms with E-state index in [1.807, 2.05) is 28.8 Å². The van der Waals surface area contributed by atoms with Gasteiger partial charge < -0.3 is 10.2 Å². The number of nitrogens with one attached hydrogen (secondary N) is 1. The minimum Gasteiger partial charge on any atom is -0.315 e. The van der Waals surface area contributed by atoms with E-state index in [2.05, 4.69) is 22.3 Å². The average Bonchev–Trinajstić information content (AvgIpc) is 2.75. The first-order valence-corrected chi connectivity index (χ1v) is 8.28. The maximum absolute atomic E-state index is 12.6. The van der Waals surface area contributed by atoms with Gasteiger partial charge in [0.25, 0.3) is 0 Å². The van der Waals surface area contributed by atoms with Crippen molar-refractivity contribution >= 4 is 35.8 Å². The molecule has 21 heavy (non-hydrogen) atoms. The molecule has 0 aromatic heterocycles. The number of benzene rings is 1. The lowest BCUT2D eigenvalue weighted by Gasteiger charge is -2.31. The Hall–Kier alpha value is -0.750. The number of hydrogen-bond donors (Lipinski definition) is 1. The minimum absolute atomic E-state index is 0. The van der Waals surface area contributed by atoms with Crippen LogP contribution in [-0.2, 0) is 4.79 Å². The molecule has 4 nitrogen and oxygen atoms in total. The normalized spacial score (nSPS) is 19.3. The van der Waals surface area contributed by atoms with Crippen LogP contribution in [0.4, 0.5) is 5.69 Å². The molecule has 0 spiro atoms. The molecule has 2 aliphatic rings. The molecule has 3 rings (SSSR count). The maximum Gasteiger partial charge on any atom is 0.241 e. The number of hydrogen-bond acceptors (Lipinski definition) is 4. The van der Waals surface area contributed by atoms with Crippen LogP contribution in [0.15, 0.2) is 29.2 Å². The standard InChI is InChI=1S/C15H21N3OS.ClH/c19-15(12-17-8-3-6-16-7-9-17)18-10-11-20-14-5-2-1-4-13(14)18;/h1-2,4-5,16H,3,6-12H2;1H. The van der Waals surface area contributed by atoms with Crippen LogP contribution in [0.5, 0.6) is 0 Å². The fraction of sp³-hybridized carbons (Fsp3) is 0.533. The van der Waals surface area contributed by atoms with E-state index < -0.39 is 0 Å². The number of halogens is 1. The van der Waals surface area contributed by atoms with Crippen molar-refractivity contribution in [3.05, 3.63) is 24.3 Å². The van der Waals surface area contributed by atoms with Gasteiger partial charge in [-0.3, -0.25) is 9.69 Å². The number of thioether (sulfide) groups is 1. The van der Waals surface area contributed by atoms with Gasteiger partial charge >= 0.3 is 0 Å². The van der Waals surface area contributed by atoms with E-state index in [0.29, 0.717) is 6.54 Å². The molecule has 0 saturated carbocycles. The van der Waals surface area contributed by atoms with Gasteiger partial charge in [-0.15, -0.1) is 24.2 Å². The van der Waals surface area contributed by atoms with Crippen LogP contribution in [0.2, 0.25) is 0 Å². The van der Waals surface area contributed by atoms with Crippen LogP contribution in [0.3, 0.4) is 0 Å². The predicted molar refractivity (Wildman–Crippen MR) is 90.7 cm³/mol. The smallest absolute Gasteiger partial charge is 0.241 e. The van der Waals surface area contributed by atoms with Crippen molar-refractivity contribution < 1.29 is 4.79 Å². The third-order valence-electron chi connectivity index (χ3n) is 3.82. The SMILES string of the molecule is Cl.O=C(CN1CCCNCC1)N1CCSc2ccccc21. The predicted octanol–water partition coefficient (Wildman–Crippen LogP) is 1.84. The van der Waals surface area contributed by atoms with E-state index in [0.717, 1.165) is 50.6 Å². The molecule has 2 heterocycles. The molecule has 0 unspecified atom stereocenters. The zero-order valence-corrected chi connectivity index (χ0v) is 13.7. The van der Waals surface area contributed by atoms with Gasteiger partial charge in [-0.1, -0.05) is 12.1 Å². The zero-order valence-electron chi connectivity index (χ0n) is 12.1. The molecule has 6 heteroatoms. The topological polar surface area (TPSA) is 35.6 Å². The summed E-state index contributed by atoms with van der Waals surface area (Å²) in [6.07, 6.45) is 1.12. The van der Waals surface area contributed by atoms with Gasteiger partial charge in [-0.2, -0.15) is 0 Å². The number of fused-ring (bicyclic) bond motifs is 1. The zero-order chi connectivity index (χ0) is 13.8. The number of carbonyl (C=O) groups excluding carboxylic acids is 1. The Bertz CT molecular complexity index is 478. The second kappa shape index (κ2) is 8.03. The summed E-state index contributed by atoms with van der Waals surface area (Å²) in [5.41, 5.74) is 1.08. The molecule has 1 saturated heterocycles. The minimum atomic E-state index is 0. The largest absolute Gasteiger partial charge is 0.315 e. The summed E-state index contributed by atoms with van der Waals surface area (Å²) in [4.78, 5) is 18.1. The maximum atomic E-state index is 12.6. The highest BCUT2D eigenvalue weighted by Crippen LogP contribution is 2.34. The third kappa shape index (κ3) is 4.13. The second-order valence-electron chi connectivity index (χ2n) is 5.24. The van der Waals surface area contributed by atoms with Crippen LogP contribution >= 0.6 is 24.2 Å². The molecule has 1 aromatic carbocycles. The lowest BCUT2D eigenvalue weighted by molar-refractivity contribution is -0.119. The molecule has 0 bridgehead atoms. The third-order valence-corrected chi connectivity index (χ3v) is 4.86. The summed E-state index contributed by atoms with van der Waals surface area (Å²) < 4.78 is 0. The van der Waals surface area contributed by atoms with E-state index in [-0.39, 0.29) is 18.3 Å². The highest BCUT2D eigenvalue weighted by molar-refractivity contribution is 7.99. The van der Waals surface area contributed by atoms with Crippen molar-refractivity contribution in [2.24, 2.45) is 0 Å². The first-order valence-electron chi connectivity index (χ1n) is 7.30. The molecule has 1 amide bonds. The van der Waals surface area contributed by atoms with E-state index >= 15 is 0 Å². The van der Waals surface area contributed by atoms with Crippen LogP contribution in [-0.4, -0.2) is 55.8 Å². The number of nitrogens with zero attached hydrogens (tertiary/aromatic N) is 2. The lowest BCUT2D eigenvalue weighted by atomic mass is 10.2. The van der Waals surface area contributed by atoms with Crippen molar-refractivity contribution in [3.8, 4) is 0 Å². The van der Waals surface area contributed by atoms with Gasteiger partial charge in [0.05, 0.1) is 12.2 Å². The molecule has 2 aliphatic heterocycles. The van der Waals surface area contributed by atoms with Crippen molar-refractivity contribution in [3.63, 3.8) is 0 Å². The number of anilines is 1. The molecule has 0 radical (unpaired) electrons. The number of carbonyl (C=O) groups is 1. The first kappa shape index (κ1) is 16.6. The van der Waals surface area contributed by atoms with Crippen LogP contribution in [0, 0.1) is 0 Å². The number of amides is 1. The molecular formula is C15H22ClN3OS. The highest BCUT2D eigenvalue weighted by Gasteiger charge is 2.24. The number of rotatable bonds is 2. The van der Waals surface area contributed by atoms with Gasteiger partial charge in [-0.05, 0) is 31.6 Å². The van der Waals surface area contributed by atoms with E-state index in [9.17, 15) is 4.79 Å². The van der Waals surface area contributed by atoms with E-state index in [1.165, 1.54) is 4.90 Å². The Balaban J connectivity index is 0.00000161. The monoisotopic (exact) mass is 327 g/mol. The molecule has 116 valence electrons. The Labute approximate surface area is 136 Å². The summed E-state index contributed by atoms with van der Waals surface area (Å²) in [6, 6.07) is 8.22. The fourth-order valence-corrected chi connectivity index (χ4v) is 3.76. The van der Waals surface area contributed by atoms with Gasteiger partial charge in [0, 0.05) is 30.3 Å². The van der Waals surface area contributed by atoms with E-state index in [1.54, 1.807) is 0 Å². The average molecular weight is 328 g/mol. The Morgan fingerprint density at radius 2 is 2.05 bits per heavy atom.